The number of nitrogens with zero attached hydrogens (tertiary/aromatic N) is 2. The molecule has 2 aromatic carbocycles. The Hall–Kier alpha value is -2.14. The summed E-state index contributed by atoms with van der Waals surface area (Å²) < 4.78 is 26.0. The molecule has 1 heterocycles. The highest BCUT2D eigenvalue weighted by molar-refractivity contribution is 9.10. The molecule has 0 spiro atoms. The standard InChI is InChI=1S/C19H23BrN4O4S/c1-14-4-2-3-5-18(14)29(27,28)22-21-13-15-6-7-16(20)12-17(15)23-8-10-24(11-9-23)19(25)26/h2-7,12,21-22H,8-11,13H2,1H3,(H,25,26). The number of halogens is 1. The number of amides is 1. The van der Waals surface area contributed by atoms with E-state index in [1.165, 1.54) is 4.90 Å². The molecular formula is C19H23BrN4O4S. The number of nitrogens with one attached hydrogen (secondary N) is 2. The van der Waals surface area contributed by atoms with E-state index in [0.29, 0.717) is 31.7 Å². The monoisotopic (exact) mass is 482 g/mol. The van der Waals surface area contributed by atoms with Crippen LogP contribution in [0.5, 0.6) is 0 Å². The Balaban J connectivity index is 1.69. The molecule has 3 N–H and O–H groups in total. The van der Waals surface area contributed by atoms with E-state index in [-0.39, 0.29) is 11.4 Å². The molecule has 1 fully saturated rings. The van der Waals surface area contributed by atoms with Crippen molar-refractivity contribution in [3.63, 3.8) is 0 Å². The van der Waals surface area contributed by atoms with Crippen LogP contribution in [0.2, 0.25) is 0 Å². The van der Waals surface area contributed by atoms with Crippen LogP contribution in [0.25, 0.3) is 0 Å². The van der Waals surface area contributed by atoms with Gasteiger partial charge >= 0.3 is 6.09 Å². The first-order chi connectivity index (χ1) is 13.8. The predicted molar refractivity (Wildman–Crippen MR) is 114 cm³/mol. The number of sulfonamides is 1. The Labute approximate surface area is 178 Å². The molecule has 0 bridgehead atoms. The van der Waals surface area contributed by atoms with Gasteiger partial charge in [0.15, 0.2) is 0 Å². The third kappa shape index (κ3) is 5.27. The van der Waals surface area contributed by atoms with Gasteiger partial charge in [0.05, 0.1) is 4.90 Å². The van der Waals surface area contributed by atoms with Gasteiger partial charge in [-0.2, -0.15) is 0 Å². The first kappa shape index (κ1) is 21.6. The molecule has 1 saturated heterocycles. The topological polar surface area (TPSA) is 102 Å². The van der Waals surface area contributed by atoms with Gasteiger partial charge in [-0.3, -0.25) is 0 Å². The number of hydrogen-bond donors (Lipinski definition) is 3. The van der Waals surface area contributed by atoms with Crippen LogP contribution in [0.3, 0.4) is 0 Å². The predicted octanol–water partition coefficient (Wildman–Crippen LogP) is 2.54. The molecule has 0 radical (unpaired) electrons. The lowest BCUT2D eigenvalue weighted by Gasteiger charge is -2.35. The fraction of sp³-hybridized carbons (Fsp3) is 0.316. The van der Waals surface area contributed by atoms with Crippen LogP contribution in [0.4, 0.5) is 10.5 Å². The van der Waals surface area contributed by atoms with Gasteiger partial charge in [0.2, 0.25) is 0 Å². The summed E-state index contributed by atoms with van der Waals surface area (Å²) >= 11 is 3.47. The van der Waals surface area contributed by atoms with Crippen molar-refractivity contribution in [1.82, 2.24) is 15.2 Å². The van der Waals surface area contributed by atoms with Crippen LogP contribution in [0.15, 0.2) is 51.8 Å². The zero-order valence-corrected chi connectivity index (χ0v) is 18.3. The zero-order chi connectivity index (χ0) is 21.0. The smallest absolute Gasteiger partial charge is 0.407 e. The Morgan fingerprint density at radius 3 is 2.48 bits per heavy atom. The molecule has 0 saturated carbocycles. The number of benzene rings is 2. The summed E-state index contributed by atoms with van der Waals surface area (Å²) in [4.78, 5) is 17.3. The minimum Gasteiger partial charge on any atom is -0.465 e. The number of anilines is 1. The SMILES string of the molecule is Cc1ccccc1S(=O)(=O)NNCc1ccc(Br)cc1N1CCN(C(=O)O)CC1. The van der Waals surface area contributed by atoms with Crippen LogP contribution >= 0.6 is 15.9 Å². The molecule has 1 aliphatic rings. The van der Waals surface area contributed by atoms with Crippen molar-refractivity contribution in [1.29, 1.82) is 0 Å². The fourth-order valence-corrected chi connectivity index (χ4v) is 4.73. The third-order valence-corrected chi connectivity index (χ3v) is 6.75. The molecule has 156 valence electrons. The van der Waals surface area contributed by atoms with E-state index in [2.05, 4.69) is 31.1 Å². The van der Waals surface area contributed by atoms with Crippen molar-refractivity contribution in [3.05, 3.63) is 58.1 Å². The number of hydrazine groups is 1. The van der Waals surface area contributed by atoms with E-state index < -0.39 is 16.1 Å². The second-order valence-corrected chi connectivity index (χ2v) is 9.32. The van der Waals surface area contributed by atoms with Gasteiger partial charge in [-0.25, -0.2) is 18.6 Å². The Morgan fingerprint density at radius 2 is 1.83 bits per heavy atom. The van der Waals surface area contributed by atoms with Gasteiger partial charge in [-0.05, 0) is 36.2 Å². The Morgan fingerprint density at radius 1 is 1.14 bits per heavy atom. The number of aryl methyl sites for hydroxylation is 1. The molecule has 1 aliphatic heterocycles. The first-order valence-corrected chi connectivity index (χ1v) is 11.4. The Bertz CT molecular complexity index is 991. The molecule has 3 rings (SSSR count). The van der Waals surface area contributed by atoms with Crippen molar-refractivity contribution >= 4 is 37.7 Å². The van der Waals surface area contributed by atoms with Gasteiger partial charge in [-0.15, -0.1) is 4.83 Å². The van der Waals surface area contributed by atoms with E-state index in [1.54, 1.807) is 31.2 Å². The summed E-state index contributed by atoms with van der Waals surface area (Å²) in [6.45, 7) is 4.03. The highest BCUT2D eigenvalue weighted by Crippen LogP contribution is 2.26. The van der Waals surface area contributed by atoms with Crippen LogP contribution in [-0.4, -0.2) is 50.7 Å². The molecule has 0 unspecified atom stereocenters. The van der Waals surface area contributed by atoms with Crippen molar-refractivity contribution in [3.8, 4) is 0 Å². The fourth-order valence-electron chi connectivity index (χ4n) is 3.26. The largest absolute Gasteiger partial charge is 0.465 e. The van der Waals surface area contributed by atoms with Gasteiger partial charge in [-0.1, -0.05) is 40.2 Å². The molecule has 2 aromatic rings. The van der Waals surface area contributed by atoms with E-state index in [1.807, 2.05) is 18.2 Å². The number of rotatable bonds is 6. The minimum absolute atomic E-state index is 0.230. The highest BCUT2D eigenvalue weighted by Gasteiger charge is 2.22. The lowest BCUT2D eigenvalue weighted by Crippen LogP contribution is -2.48. The van der Waals surface area contributed by atoms with Crippen LogP contribution in [0.1, 0.15) is 11.1 Å². The van der Waals surface area contributed by atoms with Gasteiger partial charge in [0, 0.05) is 42.9 Å². The third-order valence-electron chi connectivity index (χ3n) is 4.81. The second-order valence-electron chi connectivity index (χ2n) is 6.75. The summed E-state index contributed by atoms with van der Waals surface area (Å²) in [6.07, 6.45) is -0.911. The van der Waals surface area contributed by atoms with Crippen molar-refractivity contribution in [2.45, 2.75) is 18.4 Å². The number of hydrogen-bond acceptors (Lipinski definition) is 5. The van der Waals surface area contributed by atoms with Crippen LogP contribution < -0.4 is 15.2 Å². The number of carboxylic acid groups (broad SMARTS) is 1. The van der Waals surface area contributed by atoms with E-state index in [0.717, 1.165) is 15.7 Å². The average molecular weight is 483 g/mol. The summed E-state index contributed by atoms with van der Waals surface area (Å²) in [7, 11) is -3.68. The number of piperazine rings is 1. The normalized spacial score (nSPS) is 14.8. The van der Waals surface area contributed by atoms with Crippen molar-refractivity contribution < 1.29 is 18.3 Å². The number of carbonyl (C=O) groups is 1. The minimum atomic E-state index is -3.68. The first-order valence-electron chi connectivity index (χ1n) is 9.09. The van der Waals surface area contributed by atoms with Crippen LogP contribution in [-0.2, 0) is 16.6 Å². The molecule has 1 amide bonds. The lowest BCUT2D eigenvalue weighted by molar-refractivity contribution is 0.142. The lowest BCUT2D eigenvalue weighted by atomic mass is 10.1. The maximum Gasteiger partial charge on any atom is 0.407 e. The van der Waals surface area contributed by atoms with Gasteiger partial charge in [0.1, 0.15) is 0 Å². The quantitative estimate of drug-likeness (QED) is 0.546. The van der Waals surface area contributed by atoms with E-state index in [4.69, 9.17) is 5.11 Å². The maximum absolute atomic E-state index is 12.5. The van der Waals surface area contributed by atoms with Crippen LogP contribution in [0, 0.1) is 6.92 Å². The molecule has 0 atom stereocenters. The summed E-state index contributed by atoms with van der Waals surface area (Å²) in [6, 6.07) is 12.6. The summed E-state index contributed by atoms with van der Waals surface area (Å²) in [5, 5.41) is 9.12. The molecule has 10 heteroatoms. The molecule has 0 aromatic heterocycles. The molecule has 29 heavy (non-hydrogen) atoms. The maximum atomic E-state index is 12.5. The Kier molecular flexibility index (Phi) is 6.78. The van der Waals surface area contributed by atoms with Gasteiger partial charge in [0.25, 0.3) is 10.0 Å². The zero-order valence-electron chi connectivity index (χ0n) is 15.9. The summed E-state index contributed by atoms with van der Waals surface area (Å²) in [5.74, 6) is 0. The summed E-state index contributed by atoms with van der Waals surface area (Å²) in [5.41, 5.74) is 5.32. The van der Waals surface area contributed by atoms with E-state index in [9.17, 15) is 13.2 Å². The van der Waals surface area contributed by atoms with E-state index >= 15 is 0 Å². The molecule has 0 aliphatic carbocycles. The highest BCUT2D eigenvalue weighted by atomic mass is 79.9. The second kappa shape index (κ2) is 9.12. The van der Waals surface area contributed by atoms with Gasteiger partial charge < -0.3 is 14.9 Å². The molecular weight excluding hydrogens is 460 g/mol. The molecule has 8 nitrogen and oxygen atoms in total. The average Bonchev–Trinajstić information content (AvgIpc) is 2.69. The van der Waals surface area contributed by atoms with Crippen molar-refractivity contribution in [2.24, 2.45) is 0 Å². The van der Waals surface area contributed by atoms with Crippen molar-refractivity contribution in [2.75, 3.05) is 31.1 Å².